The Morgan fingerprint density at radius 1 is 1.30 bits per heavy atom. The van der Waals surface area contributed by atoms with Gasteiger partial charge >= 0.3 is 6.18 Å². The van der Waals surface area contributed by atoms with E-state index in [1.165, 1.54) is 18.4 Å². The fraction of sp³-hybridized carbons (Fsp3) is 0.0769. The van der Waals surface area contributed by atoms with Gasteiger partial charge in [-0.3, -0.25) is 4.79 Å². The van der Waals surface area contributed by atoms with E-state index in [1.54, 1.807) is 12.1 Å². The molecule has 20 heavy (non-hydrogen) atoms. The summed E-state index contributed by atoms with van der Waals surface area (Å²) in [6.07, 6.45) is 0.285. The van der Waals surface area contributed by atoms with Crippen molar-refractivity contribution < 1.29 is 22.4 Å². The second kappa shape index (κ2) is 5.60. The Kier molecular flexibility index (Phi) is 3.88. The molecule has 0 bridgehead atoms. The van der Waals surface area contributed by atoms with Crippen LogP contribution in [0.2, 0.25) is 0 Å². The number of nitrogens with one attached hydrogen (secondary N) is 1. The smallest absolute Gasteiger partial charge is 0.417 e. The number of pyridine rings is 1. The van der Waals surface area contributed by atoms with E-state index in [-0.39, 0.29) is 5.82 Å². The molecule has 7 heteroatoms. The maximum absolute atomic E-state index is 12.3. The number of carbonyl (C=O) groups is 1. The van der Waals surface area contributed by atoms with Crippen LogP contribution in [0.5, 0.6) is 0 Å². The lowest BCUT2D eigenvalue weighted by Crippen LogP contribution is -2.10. The zero-order chi connectivity index (χ0) is 14.6. The molecule has 1 N–H and O–H groups in total. The lowest BCUT2D eigenvalue weighted by Gasteiger charge is -2.06. The molecule has 0 radical (unpaired) electrons. The normalized spacial score (nSPS) is 11.8. The molecule has 0 saturated carbocycles. The molecule has 0 aliphatic carbocycles. The highest BCUT2D eigenvalue weighted by Crippen LogP contribution is 2.28. The lowest BCUT2D eigenvalue weighted by molar-refractivity contribution is -0.137. The number of halogens is 3. The van der Waals surface area contributed by atoms with Crippen molar-refractivity contribution in [2.24, 2.45) is 0 Å². The van der Waals surface area contributed by atoms with Crippen molar-refractivity contribution in [1.82, 2.24) is 4.98 Å². The minimum absolute atomic E-state index is 0.0343. The van der Waals surface area contributed by atoms with Gasteiger partial charge in [-0.2, -0.15) is 13.2 Å². The van der Waals surface area contributed by atoms with Crippen molar-refractivity contribution in [2.45, 2.75) is 6.18 Å². The largest absolute Gasteiger partial charge is 0.465 e. The molecule has 2 aromatic heterocycles. The summed E-state index contributed by atoms with van der Waals surface area (Å²) in [7, 11) is 0. The van der Waals surface area contributed by atoms with Gasteiger partial charge in [0.1, 0.15) is 11.6 Å². The van der Waals surface area contributed by atoms with Crippen LogP contribution in [0.15, 0.2) is 47.2 Å². The Bertz CT molecular complexity index is 602. The van der Waals surface area contributed by atoms with E-state index in [0.717, 1.165) is 12.1 Å². The topological polar surface area (TPSA) is 55.1 Å². The van der Waals surface area contributed by atoms with Crippen LogP contribution in [-0.4, -0.2) is 10.9 Å². The van der Waals surface area contributed by atoms with Gasteiger partial charge in [0.05, 0.1) is 11.8 Å². The number of hydrogen-bond acceptors (Lipinski definition) is 3. The number of rotatable bonds is 3. The highest BCUT2D eigenvalue weighted by molar-refractivity contribution is 6.01. The Labute approximate surface area is 111 Å². The second-order valence-corrected chi connectivity index (χ2v) is 3.77. The molecule has 0 atom stereocenters. The SMILES string of the molecule is O=C(/C=C/c1ccco1)Nc1ccc(C(F)(F)F)cn1. The number of aromatic nitrogens is 1. The van der Waals surface area contributed by atoms with Gasteiger partial charge in [0.25, 0.3) is 0 Å². The third kappa shape index (κ3) is 3.71. The highest BCUT2D eigenvalue weighted by atomic mass is 19.4. The Hall–Kier alpha value is -2.57. The molecule has 0 aromatic carbocycles. The van der Waals surface area contributed by atoms with Crippen LogP contribution in [0.25, 0.3) is 6.08 Å². The van der Waals surface area contributed by atoms with E-state index in [9.17, 15) is 18.0 Å². The van der Waals surface area contributed by atoms with Crippen LogP contribution >= 0.6 is 0 Å². The molecule has 0 aliphatic heterocycles. The predicted octanol–water partition coefficient (Wildman–Crippen LogP) is 3.35. The molecule has 1 amide bonds. The highest BCUT2D eigenvalue weighted by Gasteiger charge is 2.30. The summed E-state index contributed by atoms with van der Waals surface area (Å²) in [5.74, 6) is 0.00119. The molecular weight excluding hydrogens is 273 g/mol. The summed E-state index contributed by atoms with van der Waals surface area (Å²) in [5.41, 5.74) is -0.873. The van der Waals surface area contributed by atoms with Crippen molar-refractivity contribution in [3.63, 3.8) is 0 Å². The van der Waals surface area contributed by atoms with E-state index in [0.29, 0.717) is 12.0 Å². The lowest BCUT2D eigenvalue weighted by atomic mass is 10.3. The first-order valence-corrected chi connectivity index (χ1v) is 5.51. The van der Waals surface area contributed by atoms with Gasteiger partial charge in [-0.25, -0.2) is 4.98 Å². The van der Waals surface area contributed by atoms with E-state index >= 15 is 0 Å². The van der Waals surface area contributed by atoms with E-state index in [1.807, 2.05) is 0 Å². The van der Waals surface area contributed by atoms with Crippen LogP contribution in [0.3, 0.4) is 0 Å². The summed E-state index contributed by atoms with van der Waals surface area (Å²) in [5, 5.41) is 2.34. The third-order valence-corrected chi connectivity index (χ3v) is 2.28. The number of amides is 1. The summed E-state index contributed by atoms with van der Waals surface area (Å²) in [6, 6.07) is 5.25. The van der Waals surface area contributed by atoms with Crippen molar-refractivity contribution >= 4 is 17.8 Å². The molecule has 2 rings (SSSR count). The van der Waals surface area contributed by atoms with E-state index in [2.05, 4.69) is 10.3 Å². The first kappa shape index (κ1) is 13.9. The predicted molar refractivity (Wildman–Crippen MR) is 65.6 cm³/mol. The van der Waals surface area contributed by atoms with Gasteiger partial charge in [-0.15, -0.1) is 0 Å². The molecule has 0 unspecified atom stereocenters. The number of anilines is 1. The van der Waals surface area contributed by atoms with Gasteiger partial charge in [-0.05, 0) is 30.3 Å². The molecule has 2 heterocycles. The van der Waals surface area contributed by atoms with Gasteiger partial charge in [-0.1, -0.05) is 0 Å². The van der Waals surface area contributed by atoms with Crippen molar-refractivity contribution in [2.75, 3.05) is 5.32 Å². The van der Waals surface area contributed by atoms with Crippen LogP contribution in [0.1, 0.15) is 11.3 Å². The Morgan fingerprint density at radius 2 is 2.10 bits per heavy atom. The number of carbonyl (C=O) groups excluding carboxylic acids is 1. The summed E-state index contributed by atoms with van der Waals surface area (Å²) in [6.45, 7) is 0. The van der Waals surface area contributed by atoms with Gasteiger partial charge in [0.2, 0.25) is 5.91 Å². The molecule has 2 aromatic rings. The molecule has 0 saturated heterocycles. The number of nitrogens with zero attached hydrogens (tertiary/aromatic N) is 1. The maximum Gasteiger partial charge on any atom is 0.417 e. The van der Waals surface area contributed by atoms with Crippen LogP contribution < -0.4 is 5.32 Å². The molecule has 4 nitrogen and oxygen atoms in total. The second-order valence-electron chi connectivity index (χ2n) is 3.77. The third-order valence-electron chi connectivity index (χ3n) is 2.28. The van der Waals surface area contributed by atoms with Gasteiger partial charge in [0.15, 0.2) is 0 Å². The summed E-state index contributed by atoms with van der Waals surface area (Å²) < 4.78 is 41.9. The first-order chi connectivity index (χ1) is 9.45. The Morgan fingerprint density at radius 3 is 2.65 bits per heavy atom. The molecule has 0 aliphatic rings. The zero-order valence-electron chi connectivity index (χ0n) is 10.0. The number of hydrogen-bond donors (Lipinski definition) is 1. The van der Waals surface area contributed by atoms with Crippen molar-refractivity contribution in [1.29, 1.82) is 0 Å². The quantitative estimate of drug-likeness (QED) is 0.878. The van der Waals surface area contributed by atoms with E-state index in [4.69, 9.17) is 4.42 Å². The van der Waals surface area contributed by atoms with Crippen molar-refractivity contribution in [3.05, 3.63) is 54.1 Å². The molecule has 0 spiro atoms. The first-order valence-electron chi connectivity index (χ1n) is 5.51. The number of alkyl halides is 3. The minimum Gasteiger partial charge on any atom is -0.465 e. The summed E-state index contributed by atoms with van der Waals surface area (Å²) >= 11 is 0. The Balaban J connectivity index is 1.98. The average Bonchev–Trinajstić information content (AvgIpc) is 2.89. The van der Waals surface area contributed by atoms with Gasteiger partial charge in [0, 0.05) is 12.3 Å². The van der Waals surface area contributed by atoms with Crippen LogP contribution in [0, 0.1) is 0 Å². The van der Waals surface area contributed by atoms with Gasteiger partial charge < -0.3 is 9.73 Å². The molecular formula is C13H9F3N2O2. The fourth-order valence-electron chi connectivity index (χ4n) is 1.35. The van der Waals surface area contributed by atoms with Crippen LogP contribution in [0.4, 0.5) is 19.0 Å². The minimum atomic E-state index is -4.45. The van der Waals surface area contributed by atoms with E-state index < -0.39 is 17.6 Å². The molecule has 0 fully saturated rings. The summed E-state index contributed by atoms with van der Waals surface area (Å²) in [4.78, 5) is 15.0. The maximum atomic E-state index is 12.3. The monoisotopic (exact) mass is 282 g/mol. The zero-order valence-corrected chi connectivity index (χ0v) is 10.0. The standard InChI is InChI=1S/C13H9F3N2O2/c14-13(15,16)9-3-5-11(17-8-9)18-12(19)6-4-10-2-1-7-20-10/h1-8H,(H,17,18,19)/b6-4+. The average molecular weight is 282 g/mol. The van der Waals surface area contributed by atoms with Crippen LogP contribution in [-0.2, 0) is 11.0 Å². The number of furan rings is 1. The fourth-order valence-corrected chi connectivity index (χ4v) is 1.35. The molecule has 104 valence electrons. The van der Waals surface area contributed by atoms with Crippen molar-refractivity contribution in [3.8, 4) is 0 Å².